The molecule has 3 N–H and O–H groups in total. The third kappa shape index (κ3) is 4.97. The Kier molecular flexibility index (Phi) is 7.06. The highest BCUT2D eigenvalue weighted by Gasteiger charge is 2.46. The number of rotatable bonds is 7. The molecule has 206 valence electrons. The van der Waals surface area contributed by atoms with Gasteiger partial charge in [-0.15, -0.1) is 0 Å². The Morgan fingerprint density at radius 3 is 2.80 bits per heavy atom. The molecule has 0 saturated heterocycles. The molecule has 1 atom stereocenters. The van der Waals surface area contributed by atoms with Crippen LogP contribution in [0.15, 0.2) is 59.9 Å². The summed E-state index contributed by atoms with van der Waals surface area (Å²) in [5, 5.41) is 13.6. The summed E-state index contributed by atoms with van der Waals surface area (Å²) >= 11 is 0. The lowest BCUT2D eigenvalue weighted by molar-refractivity contribution is -0.118. The molecule has 2 aromatic heterocycles. The van der Waals surface area contributed by atoms with Crippen molar-refractivity contribution in [3.05, 3.63) is 82.7 Å². The summed E-state index contributed by atoms with van der Waals surface area (Å²) in [7, 11) is 1.58. The smallest absolute Gasteiger partial charge is 0.269 e. The number of methoxy groups -OCH3 is 1. The van der Waals surface area contributed by atoms with Crippen molar-refractivity contribution in [2.24, 2.45) is 5.41 Å². The molecule has 8 nitrogen and oxygen atoms in total. The number of ketones is 1. The van der Waals surface area contributed by atoms with Crippen molar-refractivity contribution in [2.45, 2.75) is 44.4 Å². The minimum Gasteiger partial charge on any atom is -0.383 e. The number of halogens is 1. The number of fused-ring (bicyclic) bond motifs is 1. The number of nitrogens with zero attached hydrogens (tertiary/aromatic N) is 2. The zero-order valence-electron chi connectivity index (χ0n) is 22.4. The maximum absolute atomic E-state index is 13.7. The van der Waals surface area contributed by atoms with Gasteiger partial charge in [-0.3, -0.25) is 19.7 Å². The molecule has 1 fully saturated rings. The highest BCUT2D eigenvalue weighted by Crippen LogP contribution is 2.53. The zero-order valence-corrected chi connectivity index (χ0v) is 22.4. The van der Waals surface area contributed by atoms with Crippen LogP contribution >= 0.6 is 0 Å². The van der Waals surface area contributed by atoms with Crippen LogP contribution in [-0.2, 0) is 9.53 Å². The van der Waals surface area contributed by atoms with E-state index in [1.54, 1.807) is 19.4 Å². The molecular weight excluding hydrogens is 509 g/mol. The molecule has 0 radical (unpaired) electrons. The summed E-state index contributed by atoms with van der Waals surface area (Å²) < 4.78 is 18.7. The topological polar surface area (TPSA) is 109 Å². The second-order valence-corrected chi connectivity index (χ2v) is 10.9. The van der Waals surface area contributed by atoms with E-state index in [0.29, 0.717) is 47.9 Å². The van der Waals surface area contributed by atoms with Gasteiger partial charge in [-0.25, -0.2) is 4.39 Å². The van der Waals surface area contributed by atoms with Crippen molar-refractivity contribution >= 4 is 23.6 Å². The summed E-state index contributed by atoms with van der Waals surface area (Å²) in [6.45, 7) is 0.741. The lowest BCUT2D eigenvalue weighted by Crippen LogP contribution is -2.35. The fourth-order valence-corrected chi connectivity index (χ4v) is 6.38. The molecule has 0 bridgehead atoms. The molecule has 3 heterocycles. The van der Waals surface area contributed by atoms with Crippen LogP contribution in [0.5, 0.6) is 0 Å². The molecule has 1 saturated carbocycles. The number of ether oxygens (including phenoxy) is 1. The molecule has 40 heavy (non-hydrogen) atoms. The summed E-state index contributed by atoms with van der Waals surface area (Å²) in [5.74, 6) is -0.363. The second kappa shape index (κ2) is 10.8. The van der Waals surface area contributed by atoms with Crippen molar-refractivity contribution in [1.82, 2.24) is 20.5 Å². The van der Waals surface area contributed by atoms with Crippen molar-refractivity contribution in [3.63, 3.8) is 0 Å². The van der Waals surface area contributed by atoms with E-state index in [1.807, 2.05) is 30.4 Å². The number of aromatic amines is 1. The predicted molar refractivity (Wildman–Crippen MR) is 150 cm³/mol. The van der Waals surface area contributed by atoms with Crippen molar-refractivity contribution in [1.29, 1.82) is 0 Å². The van der Waals surface area contributed by atoms with Crippen LogP contribution < -0.4 is 10.6 Å². The summed E-state index contributed by atoms with van der Waals surface area (Å²) in [6, 6.07) is 10.1. The molecule has 3 aromatic rings. The fraction of sp³-hybridized carbons (Fsp3) is 0.355. The molecule has 2 aliphatic carbocycles. The molecule has 1 amide bonds. The number of hydrogen-bond donors (Lipinski definition) is 3. The Balaban J connectivity index is 1.35. The average molecular weight is 542 g/mol. The number of hydrogen-bond acceptors (Lipinski definition) is 6. The van der Waals surface area contributed by atoms with E-state index < -0.39 is 5.92 Å². The van der Waals surface area contributed by atoms with Crippen LogP contribution in [-0.4, -0.2) is 47.1 Å². The van der Waals surface area contributed by atoms with Gasteiger partial charge in [-0.05, 0) is 54.5 Å². The second-order valence-electron chi connectivity index (χ2n) is 10.9. The lowest BCUT2D eigenvalue weighted by atomic mass is 9.67. The van der Waals surface area contributed by atoms with E-state index in [0.717, 1.165) is 48.9 Å². The van der Waals surface area contributed by atoms with Gasteiger partial charge in [0.25, 0.3) is 5.91 Å². The number of anilines is 1. The van der Waals surface area contributed by atoms with Gasteiger partial charge in [0.2, 0.25) is 0 Å². The van der Waals surface area contributed by atoms with Gasteiger partial charge in [-0.1, -0.05) is 37.1 Å². The number of aromatic nitrogens is 3. The average Bonchev–Trinajstić information content (AvgIpc) is 3.58. The Bertz CT molecular complexity index is 1500. The van der Waals surface area contributed by atoms with Crippen LogP contribution in [0.1, 0.15) is 66.2 Å². The highest BCUT2D eigenvalue weighted by molar-refractivity contribution is 6.03. The molecule has 1 spiro atoms. The Labute approximate surface area is 232 Å². The normalized spacial score (nSPS) is 19.6. The van der Waals surface area contributed by atoms with Crippen LogP contribution in [0.25, 0.3) is 17.2 Å². The highest BCUT2D eigenvalue weighted by atomic mass is 19.1. The molecule has 1 unspecified atom stereocenters. The first kappa shape index (κ1) is 26.1. The van der Waals surface area contributed by atoms with E-state index in [-0.39, 0.29) is 22.9 Å². The van der Waals surface area contributed by atoms with Crippen LogP contribution in [0.3, 0.4) is 0 Å². The predicted octanol–water partition coefficient (Wildman–Crippen LogP) is 5.39. The summed E-state index contributed by atoms with van der Waals surface area (Å²) in [6.07, 6.45) is 11.3. The third-order valence-electron chi connectivity index (χ3n) is 8.29. The monoisotopic (exact) mass is 541 g/mol. The van der Waals surface area contributed by atoms with Crippen molar-refractivity contribution in [3.8, 4) is 11.1 Å². The number of pyridine rings is 1. The molecule has 9 heteroatoms. The third-order valence-corrected chi connectivity index (χ3v) is 8.29. The summed E-state index contributed by atoms with van der Waals surface area (Å²) in [5.41, 5.74) is 4.84. The number of nitrogens with one attached hydrogen (secondary N) is 3. The molecule has 3 aliphatic rings. The van der Waals surface area contributed by atoms with Crippen LogP contribution in [0.2, 0.25) is 0 Å². The van der Waals surface area contributed by atoms with Gasteiger partial charge in [0, 0.05) is 54.6 Å². The van der Waals surface area contributed by atoms with Gasteiger partial charge in [0.15, 0.2) is 11.6 Å². The quantitative estimate of drug-likeness (QED) is 0.346. The van der Waals surface area contributed by atoms with Crippen LogP contribution in [0.4, 0.5) is 10.2 Å². The van der Waals surface area contributed by atoms with E-state index in [9.17, 15) is 14.0 Å². The van der Waals surface area contributed by atoms with Crippen LogP contribution in [0, 0.1) is 11.2 Å². The van der Waals surface area contributed by atoms with E-state index in [4.69, 9.17) is 4.74 Å². The van der Waals surface area contributed by atoms with Gasteiger partial charge in [0.05, 0.1) is 12.3 Å². The first-order valence-corrected chi connectivity index (χ1v) is 13.8. The maximum Gasteiger partial charge on any atom is 0.269 e. The van der Waals surface area contributed by atoms with E-state index in [1.165, 1.54) is 12.1 Å². The number of H-pyrrole nitrogens is 1. The maximum atomic E-state index is 13.7. The van der Waals surface area contributed by atoms with E-state index in [2.05, 4.69) is 25.8 Å². The van der Waals surface area contributed by atoms with Crippen molar-refractivity contribution in [2.75, 3.05) is 25.6 Å². The number of carbonyl (C=O) groups excluding carboxylic acids is 2. The Morgan fingerprint density at radius 1 is 1.20 bits per heavy atom. The number of allylic oxidation sites excluding steroid dienone is 3. The number of carbonyl (C=O) groups is 2. The van der Waals surface area contributed by atoms with Gasteiger partial charge < -0.3 is 15.4 Å². The fourth-order valence-electron chi connectivity index (χ4n) is 6.38. The molecule has 1 aliphatic heterocycles. The lowest BCUT2D eigenvalue weighted by Gasteiger charge is -2.39. The van der Waals surface area contributed by atoms with E-state index >= 15 is 0 Å². The number of amides is 1. The van der Waals surface area contributed by atoms with Gasteiger partial charge in [-0.2, -0.15) is 5.10 Å². The van der Waals surface area contributed by atoms with Gasteiger partial charge >= 0.3 is 0 Å². The standard InChI is InChI=1S/C31H32FN5O3/c1-40-14-13-33-30(39)28-27-23(10-9-22-8-7-20(18-34-22)19-5-4-6-21(32)15-19)26-24(35-29(27)37-36-28)16-31(17-25(26)38)11-2-3-12-31/h4-10,15,18,23H,2-3,11-14,16-17H2,1H3,(H,33,39)(H2,35,36,37)/b10-9+. The Hall–Kier alpha value is -4.11. The molecule has 6 rings (SSSR count). The summed E-state index contributed by atoms with van der Waals surface area (Å²) in [4.78, 5) is 31.4. The van der Waals surface area contributed by atoms with Gasteiger partial charge in [0.1, 0.15) is 11.5 Å². The number of Topliss-reactive ketones (excluding diaryl/α,β-unsaturated/α-hetero) is 1. The molecular formula is C31H32FN5O3. The zero-order chi connectivity index (χ0) is 27.7. The molecule has 1 aromatic carbocycles. The minimum absolute atomic E-state index is 0.0135. The first-order chi connectivity index (χ1) is 19.5. The Morgan fingerprint density at radius 2 is 2.05 bits per heavy atom. The largest absolute Gasteiger partial charge is 0.383 e. The first-order valence-electron chi connectivity index (χ1n) is 13.8. The minimum atomic E-state index is -0.455. The van der Waals surface area contributed by atoms with Crippen molar-refractivity contribution < 1.29 is 18.7 Å². The SMILES string of the molecule is COCCNC(=O)c1[nH]nc2c1C(/C=C/c1ccc(-c3cccc(F)c3)cn1)C1=C(CC3(CCCC3)CC1=O)N2. The number of benzene rings is 1.